The van der Waals surface area contributed by atoms with E-state index in [2.05, 4.69) is 10.3 Å². The average Bonchev–Trinajstić information content (AvgIpc) is 2.97. The number of benzene rings is 1. The van der Waals surface area contributed by atoms with Gasteiger partial charge in [-0.3, -0.25) is 9.59 Å². The highest BCUT2D eigenvalue weighted by atomic mass is 35.5. The third-order valence-corrected chi connectivity index (χ3v) is 4.16. The lowest BCUT2D eigenvalue weighted by molar-refractivity contribution is -0.139. The van der Waals surface area contributed by atoms with Gasteiger partial charge in [-0.2, -0.15) is 0 Å². The molecule has 9 heteroatoms. The molecular formula is C16H20ClN3O4S. The number of amides is 1. The quantitative estimate of drug-likeness (QED) is 0.705. The van der Waals surface area contributed by atoms with Crippen LogP contribution in [0.3, 0.4) is 0 Å². The van der Waals surface area contributed by atoms with E-state index in [1.165, 1.54) is 25.6 Å². The summed E-state index contributed by atoms with van der Waals surface area (Å²) in [5.74, 6) is -0.764. The first kappa shape index (κ1) is 21.0. The van der Waals surface area contributed by atoms with E-state index < -0.39 is 11.9 Å². The van der Waals surface area contributed by atoms with Crippen LogP contribution in [-0.4, -0.2) is 43.7 Å². The molecule has 1 atom stereocenters. The van der Waals surface area contributed by atoms with Gasteiger partial charge in [-0.25, -0.2) is 4.98 Å². The third-order valence-electron chi connectivity index (χ3n) is 3.19. The van der Waals surface area contributed by atoms with E-state index in [1.54, 1.807) is 0 Å². The van der Waals surface area contributed by atoms with Gasteiger partial charge < -0.3 is 20.5 Å². The molecular weight excluding hydrogens is 366 g/mol. The van der Waals surface area contributed by atoms with Crippen LogP contribution in [0.25, 0.3) is 11.3 Å². The number of nitrogens with one attached hydrogen (secondary N) is 1. The maximum Gasteiger partial charge on any atom is 0.310 e. The minimum Gasteiger partial charge on any atom is -0.469 e. The third kappa shape index (κ3) is 5.79. The van der Waals surface area contributed by atoms with Crippen molar-refractivity contribution in [2.45, 2.75) is 12.5 Å². The van der Waals surface area contributed by atoms with E-state index in [1.807, 2.05) is 30.3 Å². The zero-order chi connectivity index (χ0) is 17.5. The van der Waals surface area contributed by atoms with Gasteiger partial charge in [0.1, 0.15) is 6.04 Å². The first-order valence-corrected chi connectivity index (χ1v) is 8.04. The van der Waals surface area contributed by atoms with Gasteiger partial charge in [0.25, 0.3) is 0 Å². The summed E-state index contributed by atoms with van der Waals surface area (Å²) >= 11 is 1.22. The summed E-state index contributed by atoms with van der Waals surface area (Å²) in [5.41, 5.74) is 7.20. The number of methoxy groups -OCH3 is 2. The van der Waals surface area contributed by atoms with Crippen molar-refractivity contribution in [3.8, 4) is 11.3 Å². The number of halogens is 1. The molecule has 0 spiro atoms. The van der Waals surface area contributed by atoms with Crippen molar-refractivity contribution < 1.29 is 19.1 Å². The van der Waals surface area contributed by atoms with Crippen LogP contribution < -0.4 is 11.1 Å². The van der Waals surface area contributed by atoms with Gasteiger partial charge in [0.2, 0.25) is 5.91 Å². The molecule has 1 heterocycles. The molecule has 1 amide bonds. The monoisotopic (exact) mass is 385 g/mol. The van der Waals surface area contributed by atoms with Crippen molar-refractivity contribution >= 4 is 40.8 Å². The maximum absolute atomic E-state index is 12.0. The number of anilines is 1. The number of rotatable bonds is 7. The summed E-state index contributed by atoms with van der Waals surface area (Å²) in [5, 5.41) is 3.04. The SMILES string of the molecule is COCC(N)C(=O)Nc1nc(-c2ccccc2)c(CC(=O)OC)s1.Cl. The van der Waals surface area contributed by atoms with E-state index in [9.17, 15) is 9.59 Å². The molecule has 1 aromatic carbocycles. The van der Waals surface area contributed by atoms with Crippen LogP contribution in [0.4, 0.5) is 5.13 Å². The molecule has 25 heavy (non-hydrogen) atoms. The minimum atomic E-state index is -0.789. The number of esters is 1. The number of hydrogen-bond acceptors (Lipinski definition) is 7. The topological polar surface area (TPSA) is 104 Å². The van der Waals surface area contributed by atoms with Crippen molar-refractivity contribution in [3.63, 3.8) is 0 Å². The number of thiazole rings is 1. The molecule has 0 aliphatic carbocycles. The lowest BCUT2D eigenvalue weighted by Gasteiger charge is -2.08. The van der Waals surface area contributed by atoms with Crippen LogP contribution in [-0.2, 0) is 25.5 Å². The Morgan fingerprint density at radius 2 is 1.96 bits per heavy atom. The second-order valence-electron chi connectivity index (χ2n) is 4.96. The smallest absolute Gasteiger partial charge is 0.310 e. The number of nitrogens with two attached hydrogens (primary N) is 1. The normalized spacial score (nSPS) is 11.3. The van der Waals surface area contributed by atoms with Gasteiger partial charge in [-0.15, -0.1) is 23.7 Å². The van der Waals surface area contributed by atoms with Crippen LogP contribution in [0.15, 0.2) is 30.3 Å². The molecule has 7 nitrogen and oxygen atoms in total. The molecule has 2 rings (SSSR count). The van der Waals surface area contributed by atoms with Gasteiger partial charge >= 0.3 is 5.97 Å². The number of ether oxygens (including phenoxy) is 2. The van der Waals surface area contributed by atoms with Gasteiger partial charge in [0, 0.05) is 17.6 Å². The van der Waals surface area contributed by atoms with Crippen LogP contribution in [0.1, 0.15) is 4.88 Å². The molecule has 1 aromatic heterocycles. The van der Waals surface area contributed by atoms with E-state index in [0.29, 0.717) is 15.7 Å². The molecule has 3 N–H and O–H groups in total. The second kappa shape index (κ2) is 10.1. The van der Waals surface area contributed by atoms with Crippen molar-refractivity contribution in [2.75, 3.05) is 26.1 Å². The summed E-state index contributed by atoms with van der Waals surface area (Å²) in [6.45, 7) is 0.109. The Morgan fingerprint density at radius 3 is 2.56 bits per heavy atom. The summed E-state index contributed by atoms with van der Waals surface area (Å²) in [4.78, 5) is 28.8. The standard InChI is InChI=1S/C16H19N3O4S.ClH/c1-22-9-11(17)15(21)19-16-18-14(10-6-4-3-5-7-10)12(24-16)8-13(20)23-2;/h3-7,11H,8-9,17H2,1-2H3,(H,18,19,21);1H. The fourth-order valence-corrected chi connectivity index (χ4v) is 2.98. The van der Waals surface area contributed by atoms with Crippen molar-refractivity contribution in [1.29, 1.82) is 0 Å². The van der Waals surface area contributed by atoms with Crippen molar-refractivity contribution in [3.05, 3.63) is 35.2 Å². The number of carbonyl (C=O) groups excluding carboxylic acids is 2. The second-order valence-corrected chi connectivity index (χ2v) is 6.04. The molecule has 0 fully saturated rings. The average molecular weight is 386 g/mol. The minimum absolute atomic E-state index is 0. The van der Waals surface area contributed by atoms with Crippen LogP contribution in [0, 0.1) is 0 Å². The van der Waals surface area contributed by atoms with E-state index >= 15 is 0 Å². The fourth-order valence-electron chi connectivity index (χ4n) is 2.00. The largest absolute Gasteiger partial charge is 0.469 e. The highest BCUT2D eigenvalue weighted by Crippen LogP contribution is 2.31. The lowest BCUT2D eigenvalue weighted by atomic mass is 10.1. The van der Waals surface area contributed by atoms with Gasteiger partial charge in [0.15, 0.2) is 5.13 Å². The molecule has 0 aliphatic rings. The summed E-state index contributed by atoms with van der Waals surface area (Å²) < 4.78 is 9.59. The molecule has 0 bridgehead atoms. The Hall–Kier alpha value is -2.00. The molecule has 2 aromatic rings. The highest BCUT2D eigenvalue weighted by Gasteiger charge is 2.19. The maximum atomic E-state index is 12.0. The van der Waals surface area contributed by atoms with Gasteiger partial charge in [-0.05, 0) is 0 Å². The number of carbonyl (C=O) groups is 2. The molecule has 0 saturated carbocycles. The fraction of sp³-hybridized carbons (Fsp3) is 0.312. The van der Waals surface area contributed by atoms with E-state index in [0.717, 1.165) is 5.56 Å². The predicted molar refractivity (Wildman–Crippen MR) is 99.0 cm³/mol. The molecule has 0 aliphatic heterocycles. The zero-order valence-electron chi connectivity index (χ0n) is 13.9. The summed E-state index contributed by atoms with van der Waals surface area (Å²) in [7, 11) is 2.80. The highest BCUT2D eigenvalue weighted by molar-refractivity contribution is 7.16. The van der Waals surface area contributed by atoms with Gasteiger partial charge in [0.05, 0.1) is 25.8 Å². The Labute approximate surface area is 155 Å². The molecule has 0 saturated heterocycles. The predicted octanol–water partition coefficient (Wildman–Crippen LogP) is 1.86. The summed E-state index contributed by atoms with van der Waals surface area (Å²) in [6.07, 6.45) is 0.0817. The Kier molecular flexibility index (Phi) is 8.50. The lowest BCUT2D eigenvalue weighted by Crippen LogP contribution is -2.39. The van der Waals surface area contributed by atoms with E-state index in [-0.39, 0.29) is 31.4 Å². The Balaban J connectivity index is 0.00000312. The van der Waals surface area contributed by atoms with Crippen LogP contribution in [0.2, 0.25) is 0 Å². The zero-order valence-corrected chi connectivity index (χ0v) is 15.5. The Bertz CT molecular complexity index is 709. The van der Waals surface area contributed by atoms with Crippen molar-refractivity contribution in [1.82, 2.24) is 4.98 Å². The van der Waals surface area contributed by atoms with E-state index in [4.69, 9.17) is 15.2 Å². The summed E-state index contributed by atoms with van der Waals surface area (Å²) in [6, 6.07) is 8.63. The Morgan fingerprint density at radius 1 is 1.28 bits per heavy atom. The first-order chi connectivity index (χ1) is 11.5. The molecule has 1 unspecified atom stereocenters. The first-order valence-electron chi connectivity index (χ1n) is 7.22. The number of nitrogens with zero attached hydrogens (tertiary/aromatic N) is 1. The molecule has 136 valence electrons. The number of hydrogen-bond donors (Lipinski definition) is 2. The van der Waals surface area contributed by atoms with Crippen LogP contribution >= 0.6 is 23.7 Å². The molecule has 0 radical (unpaired) electrons. The van der Waals surface area contributed by atoms with Gasteiger partial charge in [-0.1, -0.05) is 30.3 Å². The number of aromatic nitrogens is 1. The van der Waals surface area contributed by atoms with Crippen LogP contribution in [0.5, 0.6) is 0 Å². The van der Waals surface area contributed by atoms with Crippen molar-refractivity contribution in [2.24, 2.45) is 5.73 Å².